The van der Waals surface area contributed by atoms with Crippen molar-refractivity contribution in [2.24, 2.45) is 11.3 Å². The topological polar surface area (TPSA) is 90.9 Å². The van der Waals surface area contributed by atoms with E-state index < -0.39 is 0 Å². The third kappa shape index (κ3) is 4.64. The highest BCUT2D eigenvalue weighted by atomic mass is 16.5. The molecule has 5 heterocycles. The second kappa shape index (κ2) is 10.8. The van der Waals surface area contributed by atoms with Gasteiger partial charge in [-0.1, -0.05) is 32.3 Å². The number of carbonyl (C=O) groups is 2. The summed E-state index contributed by atoms with van der Waals surface area (Å²) >= 11 is 0. The predicted molar refractivity (Wildman–Crippen MR) is 162 cm³/mol. The average Bonchev–Trinajstić information content (AvgIpc) is 3.52. The lowest BCUT2D eigenvalue weighted by atomic mass is 9.67. The van der Waals surface area contributed by atoms with Crippen LogP contribution in [0.3, 0.4) is 0 Å². The number of hydrogen-bond donors (Lipinski definition) is 1. The molecule has 2 amide bonds. The Morgan fingerprint density at radius 3 is 2.52 bits per heavy atom. The number of fused-ring (bicyclic) bond motifs is 4. The number of nitrogens with one attached hydrogen (secondary N) is 1. The van der Waals surface area contributed by atoms with Gasteiger partial charge in [-0.2, -0.15) is 0 Å². The molecule has 224 valence electrons. The van der Waals surface area contributed by atoms with Gasteiger partial charge in [0.25, 0.3) is 5.91 Å². The van der Waals surface area contributed by atoms with Crippen molar-refractivity contribution in [2.75, 3.05) is 50.1 Å². The zero-order valence-corrected chi connectivity index (χ0v) is 25.3. The van der Waals surface area contributed by atoms with E-state index in [2.05, 4.69) is 22.0 Å². The van der Waals surface area contributed by atoms with Crippen molar-refractivity contribution < 1.29 is 14.3 Å². The second-order valence-corrected chi connectivity index (χ2v) is 13.4. The summed E-state index contributed by atoms with van der Waals surface area (Å²) < 4.78 is 5.83. The van der Waals surface area contributed by atoms with E-state index in [9.17, 15) is 9.59 Å². The molecule has 2 aliphatic carbocycles. The maximum atomic E-state index is 13.6. The van der Waals surface area contributed by atoms with Crippen LogP contribution in [0.1, 0.15) is 92.4 Å². The lowest BCUT2D eigenvalue weighted by molar-refractivity contribution is -0.131. The van der Waals surface area contributed by atoms with Crippen molar-refractivity contribution >= 4 is 23.3 Å². The van der Waals surface area contributed by atoms with Crippen LogP contribution in [-0.4, -0.2) is 79.1 Å². The monoisotopic (exact) mass is 572 g/mol. The number of carbonyl (C=O) groups excluding carboxylic acids is 2. The third-order valence-electron chi connectivity index (χ3n) is 11.0. The Hall–Kier alpha value is -3.20. The number of hydrogen-bond acceptors (Lipinski definition) is 7. The maximum absolute atomic E-state index is 13.6. The molecule has 2 bridgehead atoms. The summed E-state index contributed by atoms with van der Waals surface area (Å²) in [5.41, 5.74) is 2.05. The van der Waals surface area contributed by atoms with Crippen molar-refractivity contribution in [2.45, 2.75) is 82.7 Å². The Bertz CT molecular complexity index is 1360. The van der Waals surface area contributed by atoms with Crippen LogP contribution in [0.15, 0.2) is 24.4 Å². The Balaban J connectivity index is 1.17. The van der Waals surface area contributed by atoms with Gasteiger partial charge in [-0.05, 0) is 69.7 Å². The molecule has 2 atom stereocenters. The van der Waals surface area contributed by atoms with E-state index in [0.29, 0.717) is 29.1 Å². The molecule has 1 N–H and O–H groups in total. The number of aromatic nitrogens is 2. The highest BCUT2D eigenvalue weighted by Gasteiger charge is 2.51. The van der Waals surface area contributed by atoms with Crippen molar-refractivity contribution in [3.8, 4) is 5.75 Å². The third-order valence-corrected chi connectivity index (χ3v) is 11.0. The summed E-state index contributed by atoms with van der Waals surface area (Å²) in [7, 11) is 3.54. The fourth-order valence-corrected chi connectivity index (χ4v) is 8.19. The Labute approximate surface area is 249 Å². The Morgan fingerprint density at radius 2 is 1.88 bits per heavy atom. The summed E-state index contributed by atoms with van der Waals surface area (Å²) in [6, 6.07) is 6.35. The van der Waals surface area contributed by atoms with Crippen molar-refractivity contribution in [3.63, 3.8) is 0 Å². The molecule has 1 spiro atoms. The van der Waals surface area contributed by atoms with Gasteiger partial charge in [-0.3, -0.25) is 9.59 Å². The van der Waals surface area contributed by atoms with E-state index in [1.807, 2.05) is 31.4 Å². The molecule has 1 aromatic carbocycles. The van der Waals surface area contributed by atoms with Crippen LogP contribution in [0, 0.1) is 11.3 Å². The first-order valence-electron chi connectivity index (χ1n) is 16.0. The van der Waals surface area contributed by atoms with Crippen LogP contribution in [0.4, 0.5) is 11.5 Å². The maximum Gasteiger partial charge on any atom is 0.251 e. The molecular weight excluding hydrogens is 528 g/mol. The van der Waals surface area contributed by atoms with Crippen molar-refractivity contribution in [1.29, 1.82) is 0 Å². The van der Waals surface area contributed by atoms with Gasteiger partial charge in [0.2, 0.25) is 5.91 Å². The summed E-state index contributed by atoms with van der Waals surface area (Å²) in [6.45, 7) is 6.07. The van der Waals surface area contributed by atoms with Gasteiger partial charge in [-0.15, -0.1) is 0 Å². The summed E-state index contributed by atoms with van der Waals surface area (Å²) in [5.74, 6) is 2.82. The Morgan fingerprint density at radius 1 is 1.12 bits per heavy atom. The van der Waals surface area contributed by atoms with Gasteiger partial charge in [0.15, 0.2) is 5.82 Å². The molecular formula is C33H44N6O3. The van der Waals surface area contributed by atoms with Gasteiger partial charge >= 0.3 is 0 Å². The zero-order chi connectivity index (χ0) is 29.0. The molecule has 9 nitrogen and oxygen atoms in total. The van der Waals surface area contributed by atoms with E-state index in [0.717, 1.165) is 88.2 Å². The van der Waals surface area contributed by atoms with Crippen LogP contribution in [0.5, 0.6) is 5.75 Å². The zero-order valence-electron chi connectivity index (χ0n) is 25.3. The highest BCUT2D eigenvalue weighted by Crippen LogP contribution is 2.49. The molecule has 8 rings (SSSR count). The minimum Gasteiger partial charge on any atom is -0.496 e. The quantitative estimate of drug-likeness (QED) is 0.550. The lowest BCUT2D eigenvalue weighted by Crippen LogP contribution is -2.57. The molecule has 2 saturated carbocycles. The summed E-state index contributed by atoms with van der Waals surface area (Å²) in [6.07, 6.45) is 11.9. The van der Waals surface area contributed by atoms with Crippen LogP contribution in [0.2, 0.25) is 0 Å². The Kier molecular flexibility index (Phi) is 7.11. The first kappa shape index (κ1) is 27.6. The predicted octanol–water partition coefficient (Wildman–Crippen LogP) is 4.36. The lowest BCUT2D eigenvalue weighted by Gasteiger charge is -2.44. The SMILES string of the molecule is COc1cc(C(=O)NC2CN3CCC2CC3)ccc1C(C)c1ncc2c(n1)N(C1CCCC1)CC1(CCC1)C(=O)N2C. The molecule has 1 aromatic heterocycles. The van der Waals surface area contributed by atoms with Crippen LogP contribution >= 0.6 is 0 Å². The molecule has 4 aliphatic heterocycles. The van der Waals surface area contributed by atoms with Gasteiger partial charge < -0.3 is 24.8 Å². The van der Waals surface area contributed by atoms with Crippen molar-refractivity contribution in [3.05, 3.63) is 41.3 Å². The highest BCUT2D eigenvalue weighted by molar-refractivity contribution is 6.01. The first-order chi connectivity index (χ1) is 20.4. The fourth-order valence-electron chi connectivity index (χ4n) is 8.19. The number of piperidine rings is 3. The second-order valence-electron chi connectivity index (χ2n) is 13.4. The first-order valence-corrected chi connectivity index (χ1v) is 16.0. The normalized spacial score (nSPS) is 27.4. The molecule has 5 fully saturated rings. The van der Waals surface area contributed by atoms with Gasteiger partial charge in [-0.25, -0.2) is 9.97 Å². The number of nitrogens with zero attached hydrogens (tertiary/aromatic N) is 5. The molecule has 6 aliphatic rings. The van der Waals surface area contributed by atoms with E-state index in [1.54, 1.807) is 12.0 Å². The summed E-state index contributed by atoms with van der Waals surface area (Å²) in [4.78, 5) is 43.6. The van der Waals surface area contributed by atoms with E-state index in [4.69, 9.17) is 14.7 Å². The molecule has 42 heavy (non-hydrogen) atoms. The number of methoxy groups -OCH3 is 1. The fraction of sp³-hybridized carbons (Fsp3) is 0.636. The van der Waals surface area contributed by atoms with Crippen LogP contribution < -0.4 is 19.9 Å². The van der Waals surface area contributed by atoms with E-state index in [-0.39, 0.29) is 29.2 Å². The van der Waals surface area contributed by atoms with Gasteiger partial charge in [0, 0.05) is 49.3 Å². The smallest absolute Gasteiger partial charge is 0.251 e. The van der Waals surface area contributed by atoms with Crippen LogP contribution in [0.25, 0.3) is 0 Å². The van der Waals surface area contributed by atoms with Gasteiger partial charge in [0.1, 0.15) is 17.3 Å². The molecule has 0 radical (unpaired) electrons. The van der Waals surface area contributed by atoms with Crippen molar-refractivity contribution in [1.82, 2.24) is 20.2 Å². The number of amides is 2. The van der Waals surface area contributed by atoms with Crippen LogP contribution in [-0.2, 0) is 4.79 Å². The number of ether oxygens (including phenoxy) is 1. The molecule has 3 saturated heterocycles. The minimum atomic E-state index is -0.308. The molecule has 9 heteroatoms. The van der Waals surface area contributed by atoms with Gasteiger partial charge in [0.05, 0.1) is 18.7 Å². The largest absolute Gasteiger partial charge is 0.496 e. The van der Waals surface area contributed by atoms with E-state index >= 15 is 0 Å². The molecule has 2 unspecified atom stereocenters. The summed E-state index contributed by atoms with van der Waals surface area (Å²) in [5, 5.41) is 3.30. The average molecular weight is 573 g/mol. The number of benzene rings is 1. The number of rotatable bonds is 6. The number of anilines is 2. The minimum absolute atomic E-state index is 0.0441. The standard InChI is InChI=1S/C33H44N6O3/c1-21(25-10-9-23(17-28(25)42-3)31(40)35-26-19-38-15-11-22(26)12-16-38)29-34-18-27-30(36-29)39(24-7-4-5-8-24)20-33(13-6-14-33)32(41)37(27)2/h9-10,17-18,21-22,24,26H,4-8,11-16,19-20H2,1-3H3,(H,35,40). The molecule has 2 aromatic rings. The van der Waals surface area contributed by atoms with E-state index in [1.165, 1.54) is 12.8 Å².